The summed E-state index contributed by atoms with van der Waals surface area (Å²) >= 11 is 0. The number of aromatic amines is 1. The molecule has 0 spiro atoms. The van der Waals surface area contributed by atoms with Crippen LogP contribution in [-0.2, 0) is 9.47 Å². The van der Waals surface area contributed by atoms with Crippen LogP contribution >= 0.6 is 0 Å². The fraction of sp³-hybridized carbons (Fsp3) is 0.348. The number of carbonyl (C=O) groups excluding carboxylic acids is 1. The zero-order valence-electron chi connectivity index (χ0n) is 16.7. The highest BCUT2D eigenvalue weighted by Crippen LogP contribution is 2.25. The Labute approximate surface area is 174 Å². The summed E-state index contributed by atoms with van der Waals surface area (Å²) in [5.41, 5.74) is 1.55. The lowest BCUT2D eigenvalue weighted by atomic mass is 10.2. The molecule has 2 fully saturated rings. The second-order valence-corrected chi connectivity index (χ2v) is 7.64. The lowest BCUT2D eigenvalue weighted by molar-refractivity contribution is -0.00461. The number of ether oxygens (including phenoxy) is 4. The molecule has 0 saturated carbocycles. The molecule has 3 aromatic rings. The third-order valence-electron chi connectivity index (χ3n) is 5.60. The first kappa shape index (κ1) is 19.0. The number of para-hydroxylation sites is 1. The molecule has 1 amide bonds. The van der Waals surface area contributed by atoms with Crippen LogP contribution in [0.25, 0.3) is 10.9 Å². The van der Waals surface area contributed by atoms with Crippen molar-refractivity contribution in [2.24, 2.45) is 0 Å². The van der Waals surface area contributed by atoms with Crippen molar-refractivity contribution >= 4 is 16.8 Å². The van der Waals surface area contributed by atoms with Crippen LogP contribution in [-0.4, -0.2) is 67.5 Å². The van der Waals surface area contributed by atoms with E-state index in [0.29, 0.717) is 37.7 Å². The highest BCUT2D eigenvalue weighted by molar-refractivity contribution is 5.98. The van der Waals surface area contributed by atoms with Crippen LogP contribution in [0.3, 0.4) is 0 Å². The fourth-order valence-corrected chi connectivity index (χ4v) is 4.03. The minimum Gasteiger partial charge on any atom is -0.497 e. The normalized spacial score (nSPS) is 22.0. The largest absolute Gasteiger partial charge is 0.497 e. The first-order chi connectivity index (χ1) is 14.7. The van der Waals surface area contributed by atoms with Crippen LogP contribution in [0.5, 0.6) is 11.5 Å². The molecule has 0 radical (unpaired) electrons. The first-order valence-corrected chi connectivity index (χ1v) is 10.1. The summed E-state index contributed by atoms with van der Waals surface area (Å²) in [4.78, 5) is 18.0. The monoisotopic (exact) mass is 408 g/mol. The number of hydrogen-bond acceptors (Lipinski definition) is 5. The lowest BCUT2D eigenvalue weighted by Gasteiger charge is -2.19. The number of nitrogens with one attached hydrogen (secondary N) is 1. The molecule has 7 nitrogen and oxygen atoms in total. The molecule has 2 aliphatic rings. The molecule has 1 N–H and O–H groups in total. The van der Waals surface area contributed by atoms with Crippen molar-refractivity contribution in [1.82, 2.24) is 9.88 Å². The van der Waals surface area contributed by atoms with Crippen molar-refractivity contribution in [2.45, 2.75) is 18.3 Å². The number of H-pyrrole nitrogens is 1. The molecule has 1 aromatic heterocycles. The van der Waals surface area contributed by atoms with Gasteiger partial charge in [-0.3, -0.25) is 4.79 Å². The van der Waals surface area contributed by atoms with E-state index < -0.39 is 0 Å². The van der Waals surface area contributed by atoms with Gasteiger partial charge in [0, 0.05) is 30.1 Å². The average Bonchev–Trinajstić information content (AvgIpc) is 3.35. The molecule has 2 aliphatic heterocycles. The Morgan fingerprint density at radius 2 is 1.73 bits per heavy atom. The summed E-state index contributed by atoms with van der Waals surface area (Å²) in [6.45, 7) is 1.83. The number of methoxy groups -OCH3 is 1. The van der Waals surface area contributed by atoms with Gasteiger partial charge < -0.3 is 28.8 Å². The van der Waals surface area contributed by atoms with Crippen LogP contribution in [0.1, 0.15) is 10.5 Å². The zero-order valence-corrected chi connectivity index (χ0v) is 16.7. The summed E-state index contributed by atoms with van der Waals surface area (Å²) in [5.74, 6) is 1.43. The van der Waals surface area contributed by atoms with E-state index in [4.69, 9.17) is 18.9 Å². The maximum Gasteiger partial charge on any atom is 0.270 e. The summed E-state index contributed by atoms with van der Waals surface area (Å²) in [5, 5.41) is 1.03. The lowest BCUT2D eigenvalue weighted by Crippen LogP contribution is -2.33. The second kappa shape index (κ2) is 8.01. The Morgan fingerprint density at radius 1 is 1.00 bits per heavy atom. The predicted octanol–water partition coefficient (Wildman–Crippen LogP) is 2.86. The molecule has 2 atom stereocenters. The molecule has 0 aliphatic carbocycles. The molecule has 0 bridgehead atoms. The highest BCUT2D eigenvalue weighted by atomic mass is 16.6. The van der Waals surface area contributed by atoms with Crippen LogP contribution in [0, 0.1) is 0 Å². The number of rotatable bonds is 4. The van der Waals surface area contributed by atoms with Crippen LogP contribution < -0.4 is 9.47 Å². The molecule has 2 aromatic carbocycles. The van der Waals surface area contributed by atoms with Crippen LogP contribution in [0.15, 0.2) is 54.6 Å². The van der Waals surface area contributed by atoms with Crippen molar-refractivity contribution in [3.05, 3.63) is 60.3 Å². The van der Waals surface area contributed by atoms with Gasteiger partial charge in [0.25, 0.3) is 5.91 Å². The Morgan fingerprint density at radius 3 is 2.47 bits per heavy atom. The molecular formula is C23H24N2O5. The second-order valence-electron chi connectivity index (χ2n) is 7.64. The zero-order chi connectivity index (χ0) is 20.5. The number of amides is 1. The number of likely N-dealkylation sites (tertiary alicyclic amines) is 1. The van der Waals surface area contributed by atoms with Gasteiger partial charge in [0.2, 0.25) is 0 Å². The minimum absolute atomic E-state index is 0.0318. The summed E-state index contributed by atoms with van der Waals surface area (Å²) in [6, 6.07) is 17.2. The van der Waals surface area contributed by atoms with E-state index in [1.807, 2.05) is 54.6 Å². The summed E-state index contributed by atoms with van der Waals surface area (Å²) in [6.07, 6.45) is -0.518. The number of nitrogens with zero attached hydrogens (tertiary/aromatic N) is 1. The SMILES string of the molecule is COc1cccc(OC2CO[C@H]3CN(C(=O)c4cc5ccccc5[nH]4)C[C@@H]3OC2)c1. The first-order valence-electron chi connectivity index (χ1n) is 10.1. The Kier molecular flexibility index (Phi) is 5.06. The quantitative estimate of drug-likeness (QED) is 0.719. The van der Waals surface area contributed by atoms with Crippen molar-refractivity contribution in [1.29, 1.82) is 0 Å². The number of carbonyl (C=O) groups is 1. The molecule has 3 heterocycles. The van der Waals surface area contributed by atoms with Gasteiger partial charge in [-0.25, -0.2) is 0 Å². The molecular weight excluding hydrogens is 384 g/mol. The van der Waals surface area contributed by atoms with Gasteiger partial charge in [-0.1, -0.05) is 24.3 Å². The van der Waals surface area contributed by atoms with E-state index in [9.17, 15) is 4.79 Å². The van der Waals surface area contributed by atoms with Gasteiger partial charge in [-0.15, -0.1) is 0 Å². The van der Waals surface area contributed by atoms with Crippen molar-refractivity contribution < 1.29 is 23.7 Å². The molecule has 7 heteroatoms. The third kappa shape index (κ3) is 3.74. The maximum absolute atomic E-state index is 13.0. The van der Waals surface area contributed by atoms with Crippen molar-refractivity contribution in [3.63, 3.8) is 0 Å². The van der Waals surface area contributed by atoms with Gasteiger partial charge in [0.15, 0.2) is 0 Å². The number of aromatic nitrogens is 1. The number of benzene rings is 2. The highest BCUT2D eigenvalue weighted by Gasteiger charge is 2.40. The Bertz CT molecular complexity index is 1000. The van der Waals surface area contributed by atoms with Gasteiger partial charge in [0.05, 0.1) is 20.3 Å². The van der Waals surface area contributed by atoms with Crippen molar-refractivity contribution in [3.8, 4) is 11.5 Å². The molecule has 5 rings (SSSR count). The van der Waals surface area contributed by atoms with Gasteiger partial charge in [-0.05, 0) is 24.3 Å². The van der Waals surface area contributed by atoms with Crippen molar-refractivity contribution in [2.75, 3.05) is 33.4 Å². The summed E-state index contributed by atoms with van der Waals surface area (Å²) in [7, 11) is 1.63. The van der Waals surface area contributed by atoms with E-state index >= 15 is 0 Å². The molecule has 0 unspecified atom stereocenters. The Balaban J connectivity index is 1.21. The predicted molar refractivity (Wildman–Crippen MR) is 111 cm³/mol. The standard InChI is InChI=1S/C23H24N2O5/c1-27-16-6-4-7-17(10-16)30-18-13-28-21-11-25(12-22(21)29-14-18)23(26)20-9-15-5-2-3-8-19(15)24-20/h2-10,18,21-22,24H,11-14H2,1H3/t21-,22-/m0/s1. The summed E-state index contributed by atoms with van der Waals surface area (Å²) < 4.78 is 23.4. The maximum atomic E-state index is 13.0. The van der Waals surface area contributed by atoms with E-state index in [1.54, 1.807) is 12.0 Å². The fourth-order valence-electron chi connectivity index (χ4n) is 4.03. The number of fused-ring (bicyclic) bond motifs is 2. The van der Waals surface area contributed by atoms with E-state index in [1.165, 1.54) is 0 Å². The van der Waals surface area contributed by atoms with E-state index in [2.05, 4.69) is 4.98 Å². The number of hydrogen-bond donors (Lipinski definition) is 1. The van der Waals surface area contributed by atoms with E-state index in [0.717, 1.165) is 16.7 Å². The third-order valence-corrected chi connectivity index (χ3v) is 5.60. The van der Waals surface area contributed by atoms with E-state index in [-0.39, 0.29) is 24.2 Å². The molecule has 156 valence electrons. The average molecular weight is 408 g/mol. The minimum atomic E-state index is -0.208. The van der Waals surface area contributed by atoms with Gasteiger partial charge in [-0.2, -0.15) is 0 Å². The molecule has 30 heavy (non-hydrogen) atoms. The van der Waals surface area contributed by atoms with Crippen LogP contribution in [0.4, 0.5) is 0 Å². The van der Waals surface area contributed by atoms with Gasteiger partial charge >= 0.3 is 0 Å². The smallest absolute Gasteiger partial charge is 0.270 e. The Hall–Kier alpha value is -3.03. The molecule has 2 saturated heterocycles. The van der Waals surface area contributed by atoms with Crippen LogP contribution in [0.2, 0.25) is 0 Å². The topological polar surface area (TPSA) is 73.0 Å². The van der Waals surface area contributed by atoms with Gasteiger partial charge in [0.1, 0.15) is 35.5 Å².